The van der Waals surface area contributed by atoms with Crippen LogP contribution in [0.25, 0.3) is 0 Å². The highest BCUT2D eigenvalue weighted by Gasteiger charge is 2.25. The van der Waals surface area contributed by atoms with Crippen molar-refractivity contribution in [3.63, 3.8) is 0 Å². The minimum absolute atomic E-state index is 0.167. The summed E-state index contributed by atoms with van der Waals surface area (Å²) in [7, 11) is 0. The average Bonchev–Trinajstić information content (AvgIpc) is 2.67. The minimum atomic E-state index is -0.696. The van der Waals surface area contributed by atoms with Crippen molar-refractivity contribution in [3.8, 4) is 0 Å². The molecular weight excluding hydrogens is 475 g/mol. The van der Waals surface area contributed by atoms with Gasteiger partial charge in [-0.2, -0.15) is 0 Å². The Morgan fingerprint density at radius 3 is 2.44 bits per heavy atom. The third kappa shape index (κ3) is 5.91. The van der Waals surface area contributed by atoms with Gasteiger partial charge in [0.2, 0.25) is 0 Å². The van der Waals surface area contributed by atoms with Gasteiger partial charge in [-0.3, -0.25) is 4.79 Å². The van der Waals surface area contributed by atoms with Gasteiger partial charge < -0.3 is 14.7 Å². The lowest BCUT2D eigenvalue weighted by Gasteiger charge is -2.31. The molecule has 0 spiro atoms. The van der Waals surface area contributed by atoms with Gasteiger partial charge in [0.25, 0.3) is 0 Å². The molecule has 0 aliphatic carbocycles. The van der Waals surface area contributed by atoms with Crippen LogP contribution in [0, 0.1) is 9.49 Å². The Balaban J connectivity index is 1.65. The van der Waals surface area contributed by atoms with Crippen LogP contribution in [0.1, 0.15) is 30.1 Å². The minimum Gasteiger partial charge on any atom is -0.481 e. The second-order valence-corrected chi connectivity index (χ2v) is 8.51. The zero-order chi connectivity index (χ0) is 19.2. The van der Waals surface area contributed by atoms with Crippen molar-refractivity contribution in [2.75, 3.05) is 26.2 Å². The first-order chi connectivity index (χ1) is 13.0. The summed E-state index contributed by atoms with van der Waals surface area (Å²) in [5, 5.41) is 9.94. The summed E-state index contributed by atoms with van der Waals surface area (Å²) in [6, 6.07) is 16.1. The molecule has 0 bridgehead atoms. The number of ether oxygens (including phenoxy) is 1. The molecule has 3 rings (SSSR count). The van der Waals surface area contributed by atoms with Crippen molar-refractivity contribution in [3.05, 3.63) is 68.3 Å². The molecule has 1 saturated heterocycles. The summed E-state index contributed by atoms with van der Waals surface area (Å²) in [4.78, 5) is 13.4. The Bertz CT molecular complexity index is 706. The van der Waals surface area contributed by atoms with E-state index < -0.39 is 5.97 Å². The van der Waals surface area contributed by atoms with Crippen LogP contribution in [0.15, 0.2) is 48.5 Å². The summed E-state index contributed by atoms with van der Waals surface area (Å²) < 4.78 is 7.44. The quantitative estimate of drug-likeness (QED) is 0.556. The van der Waals surface area contributed by atoms with Gasteiger partial charge in [-0.05, 0) is 77.4 Å². The van der Waals surface area contributed by atoms with Crippen LogP contribution in [-0.2, 0) is 9.53 Å². The fraction of sp³-hybridized carbons (Fsp3) is 0.381. The molecule has 0 amide bonds. The van der Waals surface area contributed by atoms with Gasteiger partial charge >= 0.3 is 5.97 Å². The van der Waals surface area contributed by atoms with Gasteiger partial charge in [0.1, 0.15) is 6.10 Å². The fourth-order valence-electron chi connectivity index (χ4n) is 3.42. The summed E-state index contributed by atoms with van der Waals surface area (Å²) >= 11 is 8.32. The van der Waals surface area contributed by atoms with Crippen LogP contribution in [0.5, 0.6) is 0 Å². The van der Waals surface area contributed by atoms with Gasteiger partial charge in [-0.1, -0.05) is 35.9 Å². The lowest BCUT2D eigenvalue weighted by atomic mass is 9.98. The number of likely N-dealkylation sites (tertiary alicyclic amines) is 1. The molecule has 2 atom stereocenters. The molecule has 144 valence electrons. The number of aliphatic carboxylic acids is 1. The molecule has 1 aliphatic heterocycles. The van der Waals surface area contributed by atoms with Crippen LogP contribution < -0.4 is 0 Å². The van der Waals surface area contributed by atoms with Gasteiger partial charge in [0.15, 0.2) is 0 Å². The lowest BCUT2D eigenvalue weighted by molar-refractivity contribution is -0.143. The molecule has 6 heteroatoms. The van der Waals surface area contributed by atoms with E-state index >= 15 is 0 Å². The maximum atomic E-state index is 11.2. The highest BCUT2D eigenvalue weighted by atomic mass is 125. The van der Waals surface area contributed by atoms with Gasteiger partial charge in [0, 0.05) is 21.7 Å². The average molecular weight is 498 g/mol. The van der Waals surface area contributed by atoms with Crippen molar-refractivity contribution in [2.45, 2.75) is 18.9 Å². The summed E-state index contributed by atoms with van der Waals surface area (Å²) in [5.74, 6) is -0.958. The Morgan fingerprint density at radius 2 is 1.81 bits per heavy atom. The zero-order valence-electron chi connectivity index (χ0n) is 15.0. The Morgan fingerprint density at radius 1 is 1.19 bits per heavy atom. The predicted octanol–water partition coefficient (Wildman–Crippen LogP) is 4.85. The standard InChI is InChI=1S/C21H23ClINO3/c22-18-7-3-15(4-8-18)20(16-5-9-19(23)10-6-16)27-13-12-24-11-1-2-17(14-24)21(25)26/h3-10,17,20H,1-2,11-14H2,(H,25,26)/i23-2. The van der Waals surface area contributed by atoms with E-state index in [0.717, 1.165) is 37.1 Å². The molecule has 1 fully saturated rings. The number of piperidine rings is 1. The summed E-state index contributed by atoms with van der Waals surface area (Å²) in [5.41, 5.74) is 2.16. The van der Waals surface area contributed by atoms with E-state index in [0.29, 0.717) is 18.2 Å². The molecule has 4 nitrogen and oxygen atoms in total. The molecular formula is C21H23ClINO3. The molecule has 1 heterocycles. The van der Waals surface area contributed by atoms with Crippen LogP contribution >= 0.6 is 34.2 Å². The number of benzene rings is 2. The monoisotopic (exact) mass is 497 g/mol. The fourth-order valence-corrected chi connectivity index (χ4v) is 3.91. The molecule has 0 aromatic heterocycles. The number of carboxylic acids is 1. The highest BCUT2D eigenvalue weighted by molar-refractivity contribution is 14.1. The first-order valence-electron chi connectivity index (χ1n) is 9.10. The van der Waals surface area contributed by atoms with Crippen molar-refractivity contribution in [2.24, 2.45) is 5.92 Å². The Kier molecular flexibility index (Phi) is 7.52. The summed E-state index contributed by atoms with van der Waals surface area (Å²) in [6.45, 7) is 2.82. The maximum absolute atomic E-state index is 11.2. The van der Waals surface area contributed by atoms with E-state index in [1.807, 2.05) is 24.3 Å². The van der Waals surface area contributed by atoms with Crippen molar-refractivity contribution >= 4 is 40.2 Å². The number of nitrogens with zero attached hydrogens (tertiary/aromatic N) is 1. The third-order valence-corrected chi connectivity index (χ3v) is 5.86. The van der Waals surface area contributed by atoms with E-state index in [4.69, 9.17) is 16.3 Å². The molecule has 2 unspecified atom stereocenters. The molecule has 0 radical (unpaired) electrons. The molecule has 27 heavy (non-hydrogen) atoms. The number of carbonyl (C=O) groups is 1. The second kappa shape index (κ2) is 9.87. The van der Waals surface area contributed by atoms with Gasteiger partial charge in [-0.15, -0.1) is 0 Å². The SMILES string of the molecule is O=C(O)C1CCCN(CCOC(c2ccc(Cl)cc2)c2ccc([125I])cc2)C1. The third-order valence-electron chi connectivity index (χ3n) is 4.89. The molecule has 0 saturated carbocycles. The number of hydrogen-bond acceptors (Lipinski definition) is 3. The smallest absolute Gasteiger partial charge is 0.307 e. The van der Waals surface area contributed by atoms with Gasteiger partial charge in [0.05, 0.1) is 12.5 Å². The first kappa shape index (κ1) is 20.6. The highest BCUT2D eigenvalue weighted by Crippen LogP contribution is 2.28. The van der Waals surface area contributed by atoms with Crippen LogP contribution in [-0.4, -0.2) is 42.2 Å². The molecule has 1 aliphatic rings. The molecule has 2 aromatic rings. The molecule has 2 aromatic carbocycles. The van der Waals surface area contributed by atoms with E-state index in [1.165, 1.54) is 3.57 Å². The number of rotatable bonds is 7. The predicted molar refractivity (Wildman–Crippen MR) is 115 cm³/mol. The largest absolute Gasteiger partial charge is 0.481 e. The van der Waals surface area contributed by atoms with Crippen molar-refractivity contribution < 1.29 is 14.6 Å². The number of halogens is 2. The normalized spacial score (nSPS) is 19.0. The van der Waals surface area contributed by atoms with E-state index in [2.05, 4.69) is 51.8 Å². The first-order valence-corrected chi connectivity index (χ1v) is 10.6. The topological polar surface area (TPSA) is 49.8 Å². The number of hydrogen-bond donors (Lipinski definition) is 1. The second-order valence-electron chi connectivity index (χ2n) is 6.83. The van der Waals surface area contributed by atoms with E-state index in [-0.39, 0.29) is 12.0 Å². The zero-order valence-corrected chi connectivity index (χ0v) is 17.9. The van der Waals surface area contributed by atoms with Crippen molar-refractivity contribution in [1.29, 1.82) is 0 Å². The Labute approximate surface area is 178 Å². The van der Waals surface area contributed by atoms with Crippen LogP contribution in [0.2, 0.25) is 5.02 Å². The van der Waals surface area contributed by atoms with Crippen LogP contribution in [0.4, 0.5) is 0 Å². The van der Waals surface area contributed by atoms with E-state index in [9.17, 15) is 9.90 Å². The summed E-state index contributed by atoms with van der Waals surface area (Å²) in [6.07, 6.45) is 1.52. The Hall–Kier alpha value is -1.15. The molecule has 1 N–H and O–H groups in total. The van der Waals surface area contributed by atoms with Gasteiger partial charge in [-0.25, -0.2) is 0 Å². The lowest BCUT2D eigenvalue weighted by Crippen LogP contribution is -2.40. The number of carboxylic acid groups (broad SMARTS) is 1. The van der Waals surface area contributed by atoms with Crippen molar-refractivity contribution in [1.82, 2.24) is 4.90 Å². The van der Waals surface area contributed by atoms with E-state index in [1.54, 1.807) is 0 Å². The maximum Gasteiger partial charge on any atom is 0.307 e. The van der Waals surface area contributed by atoms with Crippen LogP contribution in [0.3, 0.4) is 0 Å².